The van der Waals surface area contributed by atoms with E-state index < -0.39 is 11.9 Å². The molecule has 0 fully saturated rings. The Morgan fingerprint density at radius 3 is 2.80 bits per heavy atom. The zero-order valence-electron chi connectivity index (χ0n) is 11.5. The summed E-state index contributed by atoms with van der Waals surface area (Å²) < 4.78 is 18.1. The summed E-state index contributed by atoms with van der Waals surface area (Å²) in [6.07, 6.45) is -0.426. The van der Waals surface area contributed by atoms with Crippen molar-refractivity contribution < 1.29 is 19.0 Å². The van der Waals surface area contributed by atoms with Gasteiger partial charge >= 0.3 is 0 Å². The number of rotatable bonds is 7. The fraction of sp³-hybridized carbons (Fsp3) is 0.500. The lowest BCUT2D eigenvalue weighted by Gasteiger charge is -2.15. The molecule has 1 unspecified atom stereocenters. The standard InChI is InChI=1S/C14H19ClFNO3/c1-9(2)12(18)8-17-14(19)5-6-20-13-4-3-10(16)7-11(13)15/h3-4,7,9,12,18H,5-6,8H2,1-2H3,(H,17,19). The number of ether oxygens (including phenoxy) is 1. The van der Waals surface area contributed by atoms with Crippen LogP contribution in [-0.4, -0.2) is 30.3 Å². The summed E-state index contributed by atoms with van der Waals surface area (Å²) in [5, 5.41) is 12.3. The third-order valence-electron chi connectivity index (χ3n) is 2.76. The van der Waals surface area contributed by atoms with Crippen molar-refractivity contribution in [3.63, 3.8) is 0 Å². The Labute approximate surface area is 122 Å². The monoisotopic (exact) mass is 303 g/mol. The normalized spacial score (nSPS) is 12.3. The maximum absolute atomic E-state index is 12.8. The molecule has 0 saturated carbocycles. The van der Waals surface area contributed by atoms with Crippen molar-refractivity contribution in [2.45, 2.75) is 26.4 Å². The van der Waals surface area contributed by atoms with E-state index >= 15 is 0 Å². The Bertz CT molecular complexity index is 454. The summed E-state index contributed by atoms with van der Waals surface area (Å²) in [6.45, 7) is 4.09. The highest BCUT2D eigenvalue weighted by atomic mass is 35.5. The van der Waals surface area contributed by atoms with Gasteiger partial charge in [-0.25, -0.2) is 4.39 Å². The maximum Gasteiger partial charge on any atom is 0.223 e. The molecule has 0 radical (unpaired) electrons. The minimum atomic E-state index is -0.564. The van der Waals surface area contributed by atoms with Crippen molar-refractivity contribution in [3.05, 3.63) is 29.0 Å². The van der Waals surface area contributed by atoms with E-state index in [-0.39, 0.29) is 36.4 Å². The van der Waals surface area contributed by atoms with E-state index in [4.69, 9.17) is 16.3 Å². The first-order valence-corrected chi connectivity index (χ1v) is 6.80. The quantitative estimate of drug-likeness (QED) is 0.813. The van der Waals surface area contributed by atoms with E-state index in [1.165, 1.54) is 12.1 Å². The van der Waals surface area contributed by atoms with Crippen molar-refractivity contribution in [3.8, 4) is 5.75 Å². The predicted octanol–water partition coefficient (Wildman–Crippen LogP) is 2.38. The van der Waals surface area contributed by atoms with E-state index in [2.05, 4.69) is 5.32 Å². The minimum Gasteiger partial charge on any atom is -0.491 e. The fourth-order valence-corrected chi connectivity index (χ4v) is 1.61. The topological polar surface area (TPSA) is 58.6 Å². The van der Waals surface area contributed by atoms with Gasteiger partial charge < -0.3 is 15.2 Å². The molecule has 0 bridgehead atoms. The highest BCUT2D eigenvalue weighted by Crippen LogP contribution is 2.24. The fourth-order valence-electron chi connectivity index (χ4n) is 1.39. The SMILES string of the molecule is CC(C)C(O)CNC(=O)CCOc1ccc(F)cc1Cl. The number of benzene rings is 1. The molecule has 0 aromatic heterocycles. The van der Waals surface area contributed by atoms with Crippen LogP contribution in [0.15, 0.2) is 18.2 Å². The first-order valence-electron chi connectivity index (χ1n) is 6.42. The second-order valence-electron chi connectivity index (χ2n) is 4.79. The first kappa shape index (κ1) is 16.7. The van der Waals surface area contributed by atoms with Gasteiger partial charge in [-0.2, -0.15) is 0 Å². The molecule has 112 valence electrons. The molecule has 0 spiro atoms. The van der Waals surface area contributed by atoms with E-state index in [0.717, 1.165) is 6.07 Å². The van der Waals surface area contributed by atoms with Crippen LogP contribution in [0, 0.1) is 11.7 Å². The molecule has 0 heterocycles. The Morgan fingerprint density at radius 2 is 2.20 bits per heavy atom. The summed E-state index contributed by atoms with van der Waals surface area (Å²) in [5.74, 6) is -0.238. The average Bonchev–Trinajstić information content (AvgIpc) is 2.38. The average molecular weight is 304 g/mol. The van der Waals surface area contributed by atoms with Crippen molar-refractivity contribution in [1.82, 2.24) is 5.32 Å². The number of carbonyl (C=O) groups excluding carboxylic acids is 1. The van der Waals surface area contributed by atoms with Crippen molar-refractivity contribution in [2.75, 3.05) is 13.2 Å². The molecule has 0 aliphatic rings. The van der Waals surface area contributed by atoms with Crippen molar-refractivity contribution in [2.24, 2.45) is 5.92 Å². The van der Waals surface area contributed by atoms with Crippen LogP contribution in [0.2, 0.25) is 5.02 Å². The molecule has 1 atom stereocenters. The number of amides is 1. The van der Waals surface area contributed by atoms with Gasteiger partial charge in [0, 0.05) is 6.54 Å². The minimum absolute atomic E-state index is 0.0876. The van der Waals surface area contributed by atoms with E-state index in [9.17, 15) is 14.3 Å². The van der Waals surface area contributed by atoms with Crippen LogP contribution in [0.3, 0.4) is 0 Å². The molecule has 1 rings (SSSR count). The molecule has 6 heteroatoms. The molecular weight excluding hydrogens is 285 g/mol. The van der Waals surface area contributed by atoms with Crippen molar-refractivity contribution in [1.29, 1.82) is 0 Å². The Hall–Kier alpha value is -1.33. The van der Waals surface area contributed by atoms with Gasteiger partial charge in [0.1, 0.15) is 11.6 Å². The van der Waals surface area contributed by atoms with Gasteiger partial charge in [0.05, 0.1) is 24.2 Å². The summed E-state index contributed by atoms with van der Waals surface area (Å²) in [6, 6.07) is 3.80. The van der Waals surface area contributed by atoms with Crippen LogP contribution < -0.4 is 10.1 Å². The summed E-state index contributed by atoms with van der Waals surface area (Å²) in [7, 11) is 0. The molecule has 0 aliphatic heterocycles. The first-order chi connectivity index (χ1) is 9.40. The van der Waals surface area contributed by atoms with Gasteiger partial charge in [0.25, 0.3) is 0 Å². The highest BCUT2D eigenvalue weighted by Gasteiger charge is 2.11. The smallest absolute Gasteiger partial charge is 0.223 e. The zero-order valence-corrected chi connectivity index (χ0v) is 12.3. The van der Waals surface area contributed by atoms with Gasteiger partial charge in [0.2, 0.25) is 5.91 Å². The second kappa shape index (κ2) is 8.07. The molecule has 0 aliphatic carbocycles. The second-order valence-corrected chi connectivity index (χ2v) is 5.20. The molecular formula is C14H19ClFNO3. The summed E-state index contributed by atoms with van der Waals surface area (Å²) in [5.41, 5.74) is 0. The molecule has 1 aromatic rings. The van der Waals surface area contributed by atoms with E-state index in [0.29, 0.717) is 5.75 Å². The Balaban J connectivity index is 2.28. The summed E-state index contributed by atoms with van der Waals surface area (Å²) in [4.78, 5) is 11.5. The van der Waals surface area contributed by atoms with Crippen LogP contribution in [0.4, 0.5) is 4.39 Å². The van der Waals surface area contributed by atoms with Crippen molar-refractivity contribution >= 4 is 17.5 Å². The van der Waals surface area contributed by atoms with Crippen LogP contribution in [0.25, 0.3) is 0 Å². The maximum atomic E-state index is 12.8. The largest absolute Gasteiger partial charge is 0.491 e. The molecule has 1 amide bonds. The van der Waals surface area contributed by atoms with Gasteiger partial charge in [-0.05, 0) is 24.1 Å². The number of nitrogens with one attached hydrogen (secondary N) is 1. The zero-order chi connectivity index (χ0) is 15.1. The molecule has 0 saturated heterocycles. The third-order valence-corrected chi connectivity index (χ3v) is 3.05. The molecule has 4 nitrogen and oxygen atoms in total. The predicted molar refractivity (Wildman–Crippen MR) is 75.4 cm³/mol. The lowest BCUT2D eigenvalue weighted by Crippen LogP contribution is -2.35. The lowest BCUT2D eigenvalue weighted by molar-refractivity contribution is -0.122. The molecule has 1 aromatic carbocycles. The Kier molecular flexibility index (Phi) is 6.75. The molecule has 2 N–H and O–H groups in total. The molecule has 20 heavy (non-hydrogen) atoms. The number of aliphatic hydroxyl groups is 1. The number of halogens is 2. The number of aliphatic hydroxyl groups excluding tert-OH is 1. The number of carbonyl (C=O) groups is 1. The van der Waals surface area contributed by atoms with Gasteiger partial charge in [0.15, 0.2) is 0 Å². The number of hydrogen-bond acceptors (Lipinski definition) is 3. The number of hydrogen-bond donors (Lipinski definition) is 2. The highest BCUT2D eigenvalue weighted by molar-refractivity contribution is 6.32. The van der Waals surface area contributed by atoms with Crippen LogP contribution in [-0.2, 0) is 4.79 Å². The van der Waals surface area contributed by atoms with Gasteiger partial charge in [-0.1, -0.05) is 25.4 Å². The van der Waals surface area contributed by atoms with Gasteiger partial charge in [-0.15, -0.1) is 0 Å². The van der Waals surface area contributed by atoms with E-state index in [1.807, 2.05) is 13.8 Å². The lowest BCUT2D eigenvalue weighted by atomic mass is 10.1. The van der Waals surface area contributed by atoms with Crippen LogP contribution in [0.5, 0.6) is 5.75 Å². The third kappa shape index (κ3) is 5.75. The van der Waals surface area contributed by atoms with Gasteiger partial charge in [-0.3, -0.25) is 4.79 Å². The van der Waals surface area contributed by atoms with Crippen LogP contribution in [0.1, 0.15) is 20.3 Å². The van der Waals surface area contributed by atoms with E-state index in [1.54, 1.807) is 0 Å². The summed E-state index contributed by atoms with van der Waals surface area (Å²) >= 11 is 5.78. The van der Waals surface area contributed by atoms with Crippen LogP contribution >= 0.6 is 11.6 Å². The Morgan fingerprint density at radius 1 is 1.50 bits per heavy atom.